The normalized spacial score (nSPS) is 14.3. The standard InChI is InChI=1S/C39H35N5O6/c1-42-22-24-43(25-23-42)37(28-8-4-2-5-9-28)39(47)41-34-19-14-30(26-33(34)38(46)29-10-6-3-7-11-29)40-36(45)21-18-32-17-20-35(50-32)27-12-15-31(16-13-27)44(48)49/h2-21,26,37H,22-25H2,1H3,(H,40,45)(H,41,47)/b21-18-. The van der Waals surface area contributed by atoms with Crippen LogP contribution in [-0.2, 0) is 9.59 Å². The summed E-state index contributed by atoms with van der Waals surface area (Å²) in [4.78, 5) is 55.6. The summed E-state index contributed by atoms with van der Waals surface area (Å²) in [6.07, 6.45) is 2.80. The first-order valence-corrected chi connectivity index (χ1v) is 16.1. The molecule has 2 amide bonds. The molecule has 0 aliphatic carbocycles. The van der Waals surface area contributed by atoms with Gasteiger partial charge < -0.3 is 20.0 Å². The van der Waals surface area contributed by atoms with Gasteiger partial charge in [0.05, 0.1) is 10.6 Å². The van der Waals surface area contributed by atoms with Crippen molar-refractivity contribution in [2.45, 2.75) is 6.04 Å². The van der Waals surface area contributed by atoms with Crippen LogP contribution >= 0.6 is 0 Å². The number of likely N-dealkylation sites (N-methyl/N-ethyl adjacent to an activating group) is 1. The van der Waals surface area contributed by atoms with Crippen LogP contribution in [0.5, 0.6) is 0 Å². The molecule has 1 fully saturated rings. The van der Waals surface area contributed by atoms with Gasteiger partial charge in [0.25, 0.3) is 5.69 Å². The molecule has 2 N–H and O–H groups in total. The van der Waals surface area contributed by atoms with E-state index in [4.69, 9.17) is 4.42 Å². The first kappa shape index (κ1) is 33.7. The van der Waals surface area contributed by atoms with E-state index in [1.807, 2.05) is 36.4 Å². The minimum atomic E-state index is -0.559. The van der Waals surface area contributed by atoms with Crippen LogP contribution in [0.15, 0.2) is 126 Å². The van der Waals surface area contributed by atoms with Gasteiger partial charge in [0, 0.05) is 66.8 Å². The first-order chi connectivity index (χ1) is 24.2. The largest absolute Gasteiger partial charge is 0.457 e. The van der Waals surface area contributed by atoms with Gasteiger partial charge in [-0.1, -0.05) is 60.7 Å². The average molecular weight is 670 g/mol. The number of carbonyl (C=O) groups excluding carboxylic acids is 3. The van der Waals surface area contributed by atoms with E-state index in [1.165, 1.54) is 24.3 Å². The SMILES string of the molecule is CN1CCN(C(C(=O)Nc2ccc(NC(=O)/C=C\c3ccc(-c4ccc([N+](=O)[O-])cc4)o3)cc2C(=O)c2ccccc2)c2ccccc2)CC1. The van der Waals surface area contributed by atoms with Crippen LogP contribution in [0.25, 0.3) is 17.4 Å². The van der Waals surface area contributed by atoms with Crippen molar-refractivity contribution in [1.29, 1.82) is 0 Å². The number of amides is 2. The van der Waals surface area contributed by atoms with Gasteiger partial charge in [-0.05, 0) is 61.2 Å². The zero-order chi connectivity index (χ0) is 35.0. The van der Waals surface area contributed by atoms with E-state index >= 15 is 0 Å². The van der Waals surface area contributed by atoms with E-state index in [2.05, 4.69) is 27.5 Å². The minimum absolute atomic E-state index is 0.0248. The quantitative estimate of drug-likeness (QED) is 0.0689. The number of furan rings is 1. The Bertz CT molecular complexity index is 2020. The van der Waals surface area contributed by atoms with E-state index in [0.29, 0.717) is 47.1 Å². The molecule has 0 spiro atoms. The fourth-order valence-corrected chi connectivity index (χ4v) is 5.80. The highest BCUT2D eigenvalue weighted by Gasteiger charge is 2.30. The molecule has 0 saturated carbocycles. The molecular formula is C39H35N5O6. The molecule has 2 heterocycles. The maximum atomic E-state index is 14.0. The molecule has 0 bridgehead atoms. The third kappa shape index (κ3) is 8.09. The molecule has 4 aromatic carbocycles. The van der Waals surface area contributed by atoms with Crippen molar-refractivity contribution < 1.29 is 23.7 Å². The Morgan fingerprint density at radius 3 is 2.18 bits per heavy atom. The van der Waals surface area contributed by atoms with Crippen LogP contribution in [0, 0.1) is 10.1 Å². The predicted octanol–water partition coefficient (Wildman–Crippen LogP) is 6.66. The predicted molar refractivity (Wildman–Crippen MR) is 192 cm³/mol. The Morgan fingerprint density at radius 1 is 0.820 bits per heavy atom. The van der Waals surface area contributed by atoms with Gasteiger partial charge in [-0.15, -0.1) is 0 Å². The molecule has 1 aliphatic rings. The topological polar surface area (TPSA) is 138 Å². The molecular weight excluding hydrogens is 634 g/mol. The van der Waals surface area contributed by atoms with Crippen molar-refractivity contribution >= 4 is 40.7 Å². The van der Waals surface area contributed by atoms with Gasteiger partial charge in [-0.2, -0.15) is 0 Å². The monoisotopic (exact) mass is 669 g/mol. The lowest BCUT2D eigenvalue weighted by Crippen LogP contribution is -2.48. The summed E-state index contributed by atoms with van der Waals surface area (Å²) < 4.78 is 5.80. The molecule has 5 aromatic rings. The van der Waals surface area contributed by atoms with E-state index in [9.17, 15) is 24.5 Å². The van der Waals surface area contributed by atoms with Crippen molar-refractivity contribution in [2.75, 3.05) is 43.9 Å². The van der Waals surface area contributed by atoms with Gasteiger partial charge in [0.15, 0.2) is 5.78 Å². The molecule has 0 radical (unpaired) electrons. The van der Waals surface area contributed by atoms with Crippen molar-refractivity contribution in [1.82, 2.24) is 9.80 Å². The molecule has 1 atom stereocenters. The Kier molecular flexibility index (Phi) is 10.4. The number of hydrogen-bond acceptors (Lipinski definition) is 8. The molecule has 252 valence electrons. The molecule has 6 rings (SSSR count). The van der Waals surface area contributed by atoms with Crippen molar-refractivity contribution in [2.24, 2.45) is 0 Å². The Morgan fingerprint density at radius 2 is 1.50 bits per heavy atom. The Labute approximate surface area is 289 Å². The molecule has 1 unspecified atom stereocenters. The summed E-state index contributed by atoms with van der Waals surface area (Å²) in [5.74, 6) is -0.136. The van der Waals surface area contributed by atoms with E-state index < -0.39 is 16.9 Å². The van der Waals surface area contributed by atoms with Gasteiger partial charge in [0.1, 0.15) is 17.6 Å². The molecule has 11 heteroatoms. The number of hydrogen-bond donors (Lipinski definition) is 2. The van der Waals surface area contributed by atoms with Crippen LogP contribution < -0.4 is 10.6 Å². The first-order valence-electron chi connectivity index (χ1n) is 16.1. The number of ketones is 1. The number of benzene rings is 4. The number of carbonyl (C=O) groups is 3. The van der Waals surface area contributed by atoms with Crippen molar-refractivity contribution in [3.8, 4) is 11.3 Å². The number of non-ortho nitro benzene ring substituents is 1. The van der Waals surface area contributed by atoms with Crippen LogP contribution in [-0.4, -0.2) is 65.5 Å². The molecule has 1 aromatic heterocycles. The highest BCUT2D eigenvalue weighted by molar-refractivity contribution is 6.15. The van der Waals surface area contributed by atoms with E-state index in [-0.39, 0.29) is 22.9 Å². The zero-order valence-electron chi connectivity index (χ0n) is 27.3. The number of nitro groups is 1. The molecule has 11 nitrogen and oxygen atoms in total. The lowest BCUT2D eigenvalue weighted by molar-refractivity contribution is -0.384. The minimum Gasteiger partial charge on any atom is -0.457 e. The number of anilines is 2. The number of piperazine rings is 1. The Balaban J connectivity index is 1.21. The fourth-order valence-electron chi connectivity index (χ4n) is 5.80. The summed E-state index contributed by atoms with van der Waals surface area (Å²) in [6.45, 7) is 3.10. The second-order valence-electron chi connectivity index (χ2n) is 11.9. The Hall–Kier alpha value is -6.17. The summed E-state index contributed by atoms with van der Waals surface area (Å²) in [6, 6.07) is 32.0. The number of nitro benzene ring substituents is 1. The second-order valence-corrected chi connectivity index (χ2v) is 11.9. The van der Waals surface area contributed by atoms with Gasteiger partial charge in [-0.25, -0.2) is 0 Å². The molecule has 1 aliphatic heterocycles. The van der Waals surface area contributed by atoms with Crippen molar-refractivity contribution in [3.05, 3.63) is 154 Å². The van der Waals surface area contributed by atoms with Crippen LogP contribution in [0.4, 0.5) is 17.1 Å². The third-order valence-corrected chi connectivity index (χ3v) is 8.48. The van der Waals surface area contributed by atoms with Crippen LogP contribution in [0.1, 0.15) is 33.3 Å². The number of rotatable bonds is 11. The lowest BCUT2D eigenvalue weighted by Gasteiger charge is -2.37. The lowest BCUT2D eigenvalue weighted by atomic mass is 9.99. The van der Waals surface area contributed by atoms with Gasteiger partial charge in [-0.3, -0.25) is 29.4 Å². The van der Waals surface area contributed by atoms with Crippen LogP contribution in [0.2, 0.25) is 0 Å². The number of nitrogens with one attached hydrogen (secondary N) is 2. The molecule has 1 saturated heterocycles. The van der Waals surface area contributed by atoms with Crippen molar-refractivity contribution in [3.63, 3.8) is 0 Å². The average Bonchev–Trinajstić information content (AvgIpc) is 3.62. The summed E-state index contributed by atoms with van der Waals surface area (Å²) in [7, 11) is 2.06. The fraction of sp³-hybridized carbons (Fsp3) is 0.154. The number of nitrogens with zero attached hydrogens (tertiary/aromatic N) is 3. The zero-order valence-corrected chi connectivity index (χ0v) is 27.3. The highest BCUT2D eigenvalue weighted by atomic mass is 16.6. The van der Waals surface area contributed by atoms with Gasteiger partial charge >= 0.3 is 0 Å². The maximum Gasteiger partial charge on any atom is 0.269 e. The van der Waals surface area contributed by atoms with E-state index in [0.717, 1.165) is 18.7 Å². The van der Waals surface area contributed by atoms with E-state index in [1.54, 1.807) is 66.7 Å². The summed E-state index contributed by atoms with van der Waals surface area (Å²) >= 11 is 0. The third-order valence-electron chi connectivity index (χ3n) is 8.48. The molecule has 50 heavy (non-hydrogen) atoms. The highest BCUT2D eigenvalue weighted by Crippen LogP contribution is 2.29. The second kappa shape index (κ2) is 15.4. The summed E-state index contributed by atoms with van der Waals surface area (Å²) in [5, 5.41) is 16.8. The smallest absolute Gasteiger partial charge is 0.269 e. The van der Waals surface area contributed by atoms with Gasteiger partial charge in [0.2, 0.25) is 11.8 Å². The van der Waals surface area contributed by atoms with Crippen LogP contribution in [0.3, 0.4) is 0 Å². The maximum absolute atomic E-state index is 14.0. The summed E-state index contributed by atoms with van der Waals surface area (Å²) in [5.41, 5.74) is 2.85.